The molecule has 8 heteroatoms. The van der Waals surface area contributed by atoms with E-state index in [1.54, 1.807) is 36.4 Å². The van der Waals surface area contributed by atoms with E-state index in [2.05, 4.69) is 5.32 Å². The molecular formula is C37H43N3O4S. The Morgan fingerprint density at radius 3 is 1.91 bits per heavy atom. The van der Waals surface area contributed by atoms with Crippen molar-refractivity contribution >= 4 is 27.5 Å². The summed E-state index contributed by atoms with van der Waals surface area (Å²) in [6.45, 7) is 11.0. The van der Waals surface area contributed by atoms with Crippen LogP contribution in [0.1, 0.15) is 48.6 Å². The quantitative estimate of drug-likeness (QED) is 0.210. The number of carbonyl (C=O) groups is 2. The molecule has 1 N–H and O–H groups in total. The van der Waals surface area contributed by atoms with Crippen LogP contribution in [0.3, 0.4) is 0 Å². The maximum Gasteiger partial charge on any atom is 0.264 e. The molecule has 2 amide bonds. The van der Waals surface area contributed by atoms with E-state index in [-0.39, 0.29) is 23.8 Å². The Morgan fingerprint density at radius 1 is 0.756 bits per heavy atom. The van der Waals surface area contributed by atoms with Crippen molar-refractivity contribution in [3.05, 3.63) is 131 Å². The number of anilines is 1. The zero-order chi connectivity index (χ0) is 32.8. The van der Waals surface area contributed by atoms with E-state index in [0.717, 1.165) is 27.8 Å². The summed E-state index contributed by atoms with van der Waals surface area (Å²) < 4.78 is 29.7. The minimum absolute atomic E-state index is 0.0859. The number of aryl methyl sites for hydroxylation is 2. The van der Waals surface area contributed by atoms with Crippen molar-refractivity contribution < 1.29 is 18.0 Å². The molecule has 0 bridgehead atoms. The van der Waals surface area contributed by atoms with Crippen LogP contribution in [0, 0.1) is 20.8 Å². The third-order valence-corrected chi connectivity index (χ3v) is 9.47. The molecule has 7 nitrogen and oxygen atoms in total. The summed E-state index contributed by atoms with van der Waals surface area (Å²) in [7, 11) is -4.16. The average molecular weight is 626 g/mol. The zero-order valence-electron chi connectivity index (χ0n) is 26.9. The smallest absolute Gasteiger partial charge is 0.264 e. The second-order valence-electron chi connectivity index (χ2n) is 12.5. The monoisotopic (exact) mass is 625 g/mol. The fourth-order valence-electron chi connectivity index (χ4n) is 5.14. The molecule has 0 aliphatic heterocycles. The van der Waals surface area contributed by atoms with Crippen molar-refractivity contribution in [2.75, 3.05) is 10.8 Å². The molecule has 1 atom stereocenters. The SMILES string of the molecule is Cc1ccc(S(=O)(=O)N(CC(=O)N(Cc2ccccc2)[C@H](Cc2ccccc2)C(=O)NC(C)(C)C)c2cccc(C)c2C)cc1. The number of sulfonamides is 1. The number of hydrogen-bond acceptors (Lipinski definition) is 4. The lowest BCUT2D eigenvalue weighted by Gasteiger charge is -2.35. The molecule has 0 spiro atoms. The topological polar surface area (TPSA) is 86.8 Å². The summed E-state index contributed by atoms with van der Waals surface area (Å²) in [6.07, 6.45) is 0.259. The van der Waals surface area contributed by atoms with Crippen LogP contribution in [0.25, 0.3) is 0 Å². The van der Waals surface area contributed by atoms with Gasteiger partial charge in [0.1, 0.15) is 12.6 Å². The summed E-state index contributed by atoms with van der Waals surface area (Å²) in [5.41, 5.74) is 4.16. The number of nitrogens with one attached hydrogen (secondary N) is 1. The Bertz CT molecular complexity index is 1720. The molecule has 0 saturated carbocycles. The van der Waals surface area contributed by atoms with Gasteiger partial charge in [-0.05, 0) is 82.0 Å². The minimum Gasteiger partial charge on any atom is -0.350 e. The number of benzene rings is 4. The van der Waals surface area contributed by atoms with Crippen molar-refractivity contribution in [3.63, 3.8) is 0 Å². The maximum atomic E-state index is 14.6. The predicted molar refractivity (Wildman–Crippen MR) is 180 cm³/mol. The number of hydrogen-bond donors (Lipinski definition) is 1. The number of amides is 2. The Hall–Kier alpha value is -4.43. The molecule has 236 valence electrons. The van der Waals surface area contributed by atoms with E-state index in [9.17, 15) is 18.0 Å². The first kappa shape index (κ1) is 33.5. The molecule has 0 radical (unpaired) electrons. The van der Waals surface area contributed by atoms with Gasteiger partial charge in [-0.1, -0.05) is 90.5 Å². The molecule has 4 aromatic rings. The summed E-state index contributed by atoms with van der Waals surface area (Å²) in [4.78, 5) is 30.2. The van der Waals surface area contributed by atoms with Crippen molar-refractivity contribution in [3.8, 4) is 0 Å². The van der Waals surface area contributed by atoms with E-state index in [1.807, 2.05) is 108 Å². The van der Waals surface area contributed by atoms with E-state index in [4.69, 9.17) is 0 Å². The standard InChI is InChI=1S/C37H43N3O4S/c1-27-20-22-32(23-21-27)45(43,44)40(33-19-13-14-28(2)29(33)3)26-35(41)39(25-31-17-11-8-12-18-31)34(36(42)38-37(4,5)6)24-30-15-9-7-10-16-30/h7-23,34H,24-26H2,1-6H3,(H,38,42)/t34-/m1/s1. The normalized spacial score (nSPS) is 12.3. The van der Waals surface area contributed by atoms with Crippen molar-refractivity contribution in [1.29, 1.82) is 0 Å². The van der Waals surface area contributed by atoms with Gasteiger partial charge in [-0.3, -0.25) is 13.9 Å². The second-order valence-corrected chi connectivity index (χ2v) is 14.4. The summed E-state index contributed by atoms with van der Waals surface area (Å²) in [5, 5.41) is 3.06. The van der Waals surface area contributed by atoms with Crippen LogP contribution in [-0.2, 0) is 32.6 Å². The summed E-state index contributed by atoms with van der Waals surface area (Å²) >= 11 is 0. The lowest BCUT2D eigenvalue weighted by atomic mass is 10.0. The van der Waals surface area contributed by atoms with Gasteiger partial charge in [-0.15, -0.1) is 0 Å². The van der Waals surface area contributed by atoms with Gasteiger partial charge in [0, 0.05) is 18.5 Å². The third kappa shape index (κ3) is 8.60. The molecule has 0 aliphatic rings. The van der Waals surface area contributed by atoms with E-state index in [0.29, 0.717) is 5.69 Å². The van der Waals surface area contributed by atoms with Crippen LogP contribution < -0.4 is 9.62 Å². The van der Waals surface area contributed by atoms with Gasteiger partial charge in [-0.2, -0.15) is 0 Å². The van der Waals surface area contributed by atoms with Crippen LogP contribution in [0.15, 0.2) is 108 Å². The summed E-state index contributed by atoms with van der Waals surface area (Å²) in [6, 6.07) is 30.1. The van der Waals surface area contributed by atoms with Gasteiger partial charge in [-0.25, -0.2) is 8.42 Å². The molecule has 0 heterocycles. The molecule has 0 unspecified atom stereocenters. The lowest BCUT2D eigenvalue weighted by Crippen LogP contribution is -2.56. The first-order valence-corrected chi connectivity index (χ1v) is 16.6. The molecule has 45 heavy (non-hydrogen) atoms. The number of nitrogens with zero attached hydrogens (tertiary/aromatic N) is 2. The highest BCUT2D eigenvalue weighted by Crippen LogP contribution is 2.29. The lowest BCUT2D eigenvalue weighted by molar-refractivity contribution is -0.140. The molecule has 0 aromatic heterocycles. The molecular weight excluding hydrogens is 582 g/mol. The van der Waals surface area contributed by atoms with Gasteiger partial charge in [0.15, 0.2) is 0 Å². The third-order valence-electron chi connectivity index (χ3n) is 7.70. The fraction of sp³-hybridized carbons (Fsp3) is 0.297. The highest BCUT2D eigenvalue weighted by molar-refractivity contribution is 7.92. The zero-order valence-corrected chi connectivity index (χ0v) is 27.8. The van der Waals surface area contributed by atoms with Crippen molar-refractivity contribution in [1.82, 2.24) is 10.2 Å². The van der Waals surface area contributed by atoms with Gasteiger partial charge in [0.25, 0.3) is 10.0 Å². The summed E-state index contributed by atoms with van der Waals surface area (Å²) in [5.74, 6) is -0.796. The van der Waals surface area contributed by atoms with Crippen molar-refractivity contribution in [2.24, 2.45) is 0 Å². The molecule has 0 aliphatic carbocycles. The van der Waals surface area contributed by atoms with Gasteiger partial charge in [0.05, 0.1) is 10.6 Å². The predicted octanol–water partition coefficient (Wildman–Crippen LogP) is 6.36. The van der Waals surface area contributed by atoms with E-state index in [1.165, 1.54) is 9.21 Å². The minimum atomic E-state index is -4.16. The Morgan fingerprint density at radius 2 is 1.33 bits per heavy atom. The fourth-order valence-corrected chi connectivity index (χ4v) is 6.62. The van der Waals surface area contributed by atoms with Crippen LogP contribution in [0.4, 0.5) is 5.69 Å². The number of carbonyl (C=O) groups excluding carboxylic acids is 2. The second kappa shape index (κ2) is 14.1. The van der Waals surface area contributed by atoms with Crippen LogP contribution in [0.5, 0.6) is 0 Å². The highest BCUT2D eigenvalue weighted by atomic mass is 32.2. The van der Waals surface area contributed by atoms with E-state index < -0.39 is 34.1 Å². The Kier molecular flexibility index (Phi) is 10.5. The Labute approximate surface area is 268 Å². The van der Waals surface area contributed by atoms with Crippen LogP contribution >= 0.6 is 0 Å². The Balaban J connectivity index is 1.83. The van der Waals surface area contributed by atoms with Crippen LogP contribution in [0.2, 0.25) is 0 Å². The van der Waals surface area contributed by atoms with Gasteiger partial charge < -0.3 is 10.2 Å². The van der Waals surface area contributed by atoms with Crippen LogP contribution in [-0.4, -0.2) is 43.3 Å². The average Bonchev–Trinajstić information content (AvgIpc) is 2.99. The molecule has 0 fully saturated rings. The first-order chi connectivity index (χ1) is 21.3. The number of rotatable bonds is 11. The molecule has 4 aromatic carbocycles. The first-order valence-electron chi connectivity index (χ1n) is 15.1. The van der Waals surface area contributed by atoms with Gasteiger partial charge in [0.2, 0.25) is 11.8 Å². The maximum absolute atomic E-state index is 14.6. The largest absolute Gasteiger partial charge is 0.350 e. The molecule has 0 saturated heterocycles. The van der Waals surface area contributed by atoms with Crippen molar-refractivity contribution in [2.45, 2.75) is 71.0 Å². The van der Waals surface area contributed by atoms with E-state index >= 15 is 0 Å². The molecule has 4 rings (SSSR count). The van der Waals surface area contributed by atoms with Gasteiger partial charge >= 0.3 is 0 Å². The highest BCUT2D eigenvalue weighted by Gasteiger charge is 2.36.